The van der Waals surface area contributed by atoms with Gasteiger partial charge in [-0.1, -0.05) is 70.5 Å². The smallest absolute Gasteiger partial charge is 0.0975 e. The van der Waals surface area contributed by atoms with E-state index < -0.39 is 6.10 Å². The molecule has 0 aliphatic carbocycles. The minimum Gasteiger partial charge on any atom is -0.384 e. The molecule has 0 fully saturated rings. The third-order valence-corrected chi connectivity index (χ3v) is 3.01. The van der Waals surface area contributed by atoms with Gasteiger partial charge in [-0.2, -0.15) is 0 Å². The highest BCUT2D eigenvalue weighted by molar-refractivity contribution is 9.10. The Morgan fingerprint density at radius 3 is 2.24 bits per heavy atom. The second kappa shape index (κ2) is 5.80. The second-order valence-electron chi connectivity index (χ2n) is 3.77. The van der Waals surface area contributed by atoms with Crippen LogP contribution >= 0.6 is 15.9 Å². The van der Waals surface area contributed by atoms with Gasteiger partial charge >= 0.3 is 0 Å². The van der Waals surface area contributed by atoms with Crippen LogP contribution in [-0.4, -0.2) is 5.11 Å². The molecule has 0 saturated carbocycles. The minimum atomic E-state index is -0.566. The van der Waals surface area contributed by atoms with Crippen molar-refractivity contribution in [3.63, 3.8) is 0 Å². The largest absolute Gasteiger partial charge is 0.384 e. The molecule has 0 amide bonds. The zero-order valence-corrected chi connectivity index (χ0v) is 10.8. The van der Waals surface area contributed by atoms with Crippen LogP contribution in [0.1, 0.15) is 17.2 Å². The highest BCUT2D eigenvalue weighted by atomic mass is 79.9. The number of hydrogen-bond donors (Lipinski definition) is 1. The Hall–Kier alpha value is -1.38. The summed E-state index contributed by atoms with van der Waals surface area (Å²) in [5.74, 6) is 0. The molecule has 1 atom stereocenters. The third kappa shape index (κ3) is 3.55. The molecule has 2 rings (SSSR count). The van der Waals surface area contributed by atoms with Gasteiger partial charge in [-0.15, -0.1) is 0 Å². The molecule has 0 heterocycles. The molecule has 2 aromatic rings. The lowest BCUT2D eigenvalue weighted by Gasteiger charge is -2.05. The van der Waals surface area contributed by atoms with Crippen LogP contribution in [0.2, 0.25) is 0 Å². The lowest BCUT2D eigenvalue weighted by atomic mass is 10.1. The van der Waals surface area contributed by atoms with E-state index in [0.717, 1.165) is 15.6 Å². The van der Waals surface area contributed by atoms with Gasteiger partial charge in [0, 0.05) is 4.47 Å². The summed E-state index contributed by atoms with van der Waals surface area (Å²) >= 11 is 3.37. The normalized spacial score (nSPS) is 12.8. The maximum absolute atomic E-state index is 9.97. The summed E-state index contributed by atoms with van der Waals surface area (Å²) < 4.78 is 1.01. The molecule has 86 valence electrons. The maximum Gasteiger partial charge on any atom is 0.0975 e. The summed E-state index contributed by atoms with van der Waals surface area (Å²) in [5, 5.41) is 9.97. The fourth-order valence-corrected chi connectivity index (χ4v) is 1.80. The molecule has 1 nitrogen and oxygen atoms in total. The SMILES string of the molecule is OC(C=Cc1ccccc1)c1ccc(Br)cc1. The third-order valence-electron chi connectivity index (χ3n) is 2.48. The van der Waals surface area contributed by atoms with E-state index in [1.807, 2.05) is 60.7 Å². The van der Waals surface area contributed by atoms with Crippen molar-refractivity contribution in [3.05, 3.63) is 76.3 Å². The first-order chi connectivity index (χ1) is 8.25. The lowest BCUT2D eigenvalue weighted by molar-refractivity contribution is 0.229. The van der Waals surface area contributed by atoms with Crippen molar-refractivity contribution < 1.29 is 5.11 Å². The van der Waals surface area contributed by atoms with E-state index >= 15 is 0 Å². The van der Waals surface area contributed by atoms with Crippen molar-refractivity contribution in [3.8, 4) is 0 Å². The number of aliphatic hydroxyl groups is 1. The average molecular weight is 289 g/mol. The Kier molecular flexibility index (Phi) is 4.13. The number of hydrogen-bond acceptors (Lipinski definition) is 1. The average Bonchev–Trinajstić information content (AvgIpc) is 2.38. The van der Waals surface area contributed by atoms with Crippen molar-refractivity contribution >= 4 is 22.0 Å². The van der Waals surface area contributed by atoms with Crippen molar-refractivity contribution in [2.45, 2.75) is 6.10 Å². The first-order valence-corrected chi connectivity index (χ1v) is 6.22. The Morgan fingerprint density at radius 2 is 1.59 bits per heavy atom. The summed E-state index contributed by atoms with van der Waals surface area (Å²) in [4.78, 5) is 0. The standard InChI is InChI=1S/C15H13BrO/c16-14-9-7-13(8-10-14)15(17)11-6-12-4-2-1-3-5-12/h1-11,15,17H. The molecule has 0 radical (unpaired) electrons. The van der Waals surface area contributed by atoms with Crippen LogP contribution in [0.3, 0.4) is 0 Å². The van der Waals surface area contributed by atoms with E-state index in [-0.39, 0.29) is 0 Å². The predicted octanol–water partition coefficient (Wildman–Crippen LogP) is 4.20. The van der Waals surface area contributed by atoms with E-state index in [9.17, 15) is 5.11 Å². The van der Waals surface area contributed by atoms with E-state index in [1.54, 1.807) is 6.08 Å². The first-order valence-electron chi connectivity index (χ1n) is 5.42. The molecule has 2 heteroatoms. The van der Waals surface area contributed by atoms with Gasteiger partial charge in [0.05, 0.1) is 6.10 Å². The molecule has 1 unspecified atom stereocenters. The number of rotatable bonds is 3. The second-order valence-corrected chi connectivity index (χ2v) is 4.68. The summed E-state index contributed by atoms with van der Waals surface area (Å²) in [6.45, 7) is 0. The Morgan fingerprint density at radius 1 is 0.941 bits per heavy atom. The van der Waals surface area contributed by atoms with Crippen LogP contribution in [0.4, 0.5) is 0 Å². The van der Waals surface area contributed by atoms with Crippen molar-refractivity contribution in [1.82, 2.24) is 0 Å². The topological polar surface area (TPSA) is 20.2 Å². The Balaban J connectivity index is 2.09. The molecule has 0 aliphatic rings. The van der Waals surface area contributed by atoms with E-state index in [2.05, 4.69) is 15.9 Å². The van der Waals surface area contributed by atoms with Crippen molar-refractivity contribution in [2.75, 3.05) is 0 Å². The van der Waals surface area contributed by atoms with Crippen LogP contribution in [0.25, 0.3) is 6.08 Å². The fraction of sp³-hybridized carbons (Fsp3) is 0.0667. The molecule has 17 heavy (non-hydrogen) atoms. The van der Waals surface area contributed by atoms with Gasteiger partial charge in [0.2, 0.25) is 0 Å². The van der Waals surface area contributed by atoms with Crippen LogP contribution in [0, 0.1) is 0 Å². The van der Waals surface area contributed by atoms with E-state index in [0.29, 0.717) is 0 Å². The highest BCUT2D eigenvalue weighted by Gasteiger charge is 2.02. The molecular weight excluding hydrogens is 276 g/mol. The molecule has 0 saturated heterocycles. The molecule has 2 aromatic carbocycles. The van der Waals surface area contributed by atoms with Crippen molar-refractivity contribution in [1.29, 1.82) is 0 Å². The van der Waals surface area contributed by atoms with Crippen LogP contribution in [0.5, 0.6) is 0 Å². The van der Waals surface area contributed by atoms with Gasteiger partial charge in [-0.3, -0.25) is 0 Å². The van der Waals surface area contributed by atoms with Gasteiger partial charge in [0.25, 0.3) is 0 Å². The quantitative estimate of drug-likeness (QED) is 0.898. The summed E-state index contributed by atoms with van der Waals surface area (Å²) in [5.41, 5.74) is 1.98. The Labute approximate surface area is 110 Å². The number of benzene rings is 2. The lowest BCUT2D eigenvalue weighted by Crippen LogP contribution is -1.91. The van der Waals surface area contributed by atoms with E-state index in [1.165, 1.54) is 0 Å². The molecule has 0 spiro atoms. The van der Waals surface area contributed by atoms with Gasteiger partial charge in [-0.25, -0.2) is 0 Å². The molecule has 0 aliphatic heterocycles. The predicted molar refractivity (Wildman–Crippen MR) is 74.6 cm³/mol. The first kappa shape index (κ1) is 12.1. The van der Waals surface area contributed by atoms with Gasteiger partial charge in [0.15, 0.2) is 0 Å². The maximum atomic E-state index is 9.97. The van der Waals surface area contributed by atoms with Crippen molar-refractivity contribution in [2.24, 2.45) is 0 Å². The highest BCUT2D eigenvalue weighted by Crippen LogP contribution is 2.18. The molecule has 0 bridgehead atoms. The van der Waals surface area contributed by atoms with E-state index in [4.69, 9.17) is 0 Å². The summed E-state index contributed by atoms with van der Waals surface area (Å²) in [6, 6.07) is 17.6. The summed E-state index contributed by atoms with van der Waals surface area (Å²) in [7, 11) is 0. The number of aliphatic hydroxyl groups excluding tert-OH is 1. The molecule has 0 aromatic heterocycles. The molecule has 1 N–H and O–H groups in total. The fourth-order valence-electron chi connectivity index (χ4n) is 1.54. The van der Waals surface area contributed by atoms with Gasteiger partial charge < -0.3 is 5.11 Å². The Bertz CT molecular complexity index is 488. The van der Waals surface area contributed by atoms with Gasteiger partial charge in [-0.05, 0) is 23.3 Å². The van der Waals surface area contributed by atoms with Crippen LogP contribution in [0.15, 0.2) is 65.1 Å². The van der Waals surface area contributed by atoms with Gasteiger partial charge in [0.1, 0.15) is 0 Å². The van der Waals surface area contributed by atoms with Crippen LogP contribution < -0.4 is 0 Å². The zero-order valence-electron chi connectivity index (χ0n) is 9.25. The van der Waals surface area contributed by atoms with Crippen LogP contribution in [-0.2, 0) is 0 Å². The number of halogens is 1. The zero-order chi connectivity index (χ0) is 12.1. The monoisotopic (exact) mass is 288 g/mol. The molecular formula is C15H13BrO. The minimum absolute atomic E-state index is 0.566. The summed E-state index contributed by atoms with van der Waals surface area (Å²) in [6.07, 6.45) is 3.15.